The molecule has 0 aliphatic carbocycles. The molecule has 3 heteroatoms. The van der Waals surface area contributed by atoms with Crippen molar-refractivity contribution >= 4 is 11.8 Å². The first-order valence-corrected chi connectivity index (χ1v) is 6.98. The first kappa shape index (κ1) is 12.3. The fraction of sp³-hybridized carbons (Fsp3) is 1.00. The lowest BCUT2D eigenvalue weighted by Gasteiger charge is -2.23. The fourth-order valence-corrected chi connectivity index (χ4v) is 3.21. The predicted octanol–water partition coefficient (Wildman–Crippen LogP) is 1.94. The summed E-state index contributed by atoms with van der Waals surface area (Å²) in [6.07, 6.45) is 6.59. The van der Waals surface area contributed by atoms with Gasteiger partial charge in [0.15, 0.2) is 0 Å². The van der Waals surface area contributed by atoms with Gasteiger partial charge in [0.1, 0.15) is 0 Å². The molecule has 84 valence electrons. The first-order valence-electron chi connectivity index (χ1n) is 5.82. The summed E-state index contributed by atoms with van der Waals surface area (Å²) in [6, 6.07) is 0.856. The molecular formula is C11H24N2S. The SMILES string of the molecule is CN(CCCCCCN)C1CCSC1. The Bertz CT molecular complexity index is 135. The standard InChI is InChI=1S/C11H24N2S/c1-13(11-6-9-14-10-11)8-5-3-2-4-7-12/h11H,2-10,12H2,1H3. The largest absolute Gasteiger partial charge is 0.330 e. The molecule has 1 aliphatic heterocycles. The molecule has 2 nitrogen and oxygen atoms in total. The van der Waals surface area contributed by atoms with Crippen LogP contribution in [0, 0.1) is 0 Å². The normalized spacial score (nSPS) is 22.1. The number of rotatable bonds is 7. The number of thioether (sulfide) groups is 1. The van der Waals surface area contributed by atoms with Gasteiger partial charge in [0, 0.05) is 11.8 Å². The van der Waals surface area contributed by atoms with E-state index in [4.69, 9.17) is 5.73 Å². The highest BCUT2D eigenvalue weighted by Crippen LogP contribution is 2.21. The third kappa shape index (κ3) is 4.67. The summed E-state index contributed by atoms with van der Waals surface area (Å²) in [5.41, 5.74) is 5.46. The van der Waals surface area contributed by atoms with Crippen LogP contribution >= 0.6 is 11.8 Å². The van der Waals surface area contributed by atoms with Crippen molar-refractivity contribution in [2.75, 3.05) is 31.6 Å². The van der Waals surface area contributed by atoms with Crippen molar-refractivity contribution in [3.05, 3.63) is 0 Å². The van der Waals surface area contributed by atoms with Gasteiger partial charge in [-0.15, -0.1) is 0 Å². The van der Waals surface area contributed by atoms with E-state index in [1.165, 1.54) is 50.2 Å². The third-order valence-electron chi connectivity index (χ3n) is 2.99. The molecule has 0 spiro atoms. The predicted molar refractivity (Wildman–Crippen MR) is 65.9 cm³/mol. The molecular weight excluding hydrogens is 192 g/mol. The molecule has 0 aromatic rings. The van der Waals surface area contributed by atoms with Gasteiger partial charge in [-0.2, -0.15) is 11.8 Å². The average molecular weight is 216 g/mol. The van der Waals surface area contributed by atoms with Gasteiger partial charge < -0.3 is 10.6 Å². The highest BCUT2D eigenvalue weighted by atomic mass is 32.2. The molecule has 1 heterocycles. The molecule has 1 aliphatic rings. The van der Waals surface area contributed by atoms with Gasteiger partial charge in [-0.1, -0.05) is 12.8 Å². The van der Waals surface area contributed by atoms with Gasteiger partial charge >= 0.3 is 0 Å². The summed E-state index contributed by atoms with van der Waals surface area (Å²) in [4.78, 5) is 2.54. The minimum atomic E-state index is 0.856. The van der Waals surface area contributed by atoms with Gasteiger partial charge in [-0.25, -0.2) is 0 Å². The van der Waals surface area contributed by atoms with Crippen molar-refractivity contribution in [1.82, 2.24) is 4.90 Å². The maximum absolute atomic E-state index is 5.46. The van der Waals surface area contributed by atoms with E-state index < -0.39 is 0 Å². The van der Waals surface area contributed by atoms with E-state index in [0.717, 1.165) is 12.6 Å². The van der Waals surface area contributed by atoms with Crippen LogP contribution in [-0.2, 0) is 0 Å². The maximum Gasteiger partial charge on any atom is 0.0191 e. The lowest BCUT2D eigenvalue weighted by molar-refractivity contribution is 0.256. The van der Waals surface area contributed by atoms with Crippen LogP contribution in [0.4, 0.5) is 0 Å². The van der Waals surface area contributed by atoms with Crippen molar-refractivity contribution < 1.29 is 0 Å². The van der Waals surface area contributed by atoms with Crippen molar-refractivity contribution in [1.29, 1.82) is 0 Å². The van der Waals surface area contributed by atoms with E-state index in [9.17, 15) is 0 Å². The van der Waals surface area contributed by atoms with Crippen molar-refractivity contribution in [3.8, 4) is 0 Å². The van der Waals surface area contributed by atoms with Crippen LogP contribution in [0.2, 0.25) is 0 Å². The summed E-state index contributed by atoms with van der Waals surface area (Å²) in [6.45, 7) is 2.13. The van der Waals surface area contributed by atoms with Gasteiger partial charge in [0.05, 0.1) is 0 Å². The summed E-state index contributed by atoms with van der Waals surface area (Å²) >= 11 is 2.10. The topological polar surface area (TPSA) is 29.3 Å². The van der Waals surface area contributed by atoms with E-state index in [2.05, 4.69) is 23.7 Å². The number of unbranched alkanes of at least 4 members (excludes halogenated alkanes) is 3. The van der Waals surface area contributed by atoms with E-state index in [1.807, 2.05) is 0 Å². The Morgan fingerprint density at radius 2 is 2.07 bits per heavy atom. The summed E-state index contributed by atoms with van der Waals surface area (Å²) < 4.78 is 0. The monoisotopic (exact) mass is 216 g/mol. The first-order chi connectivity index (χ1) is 6.84. The Balaban J connectivity index is 1.94. The van der Waals surface area contributed by atoms with Crippen molar-refractivity contribution in [3.63, 3.8) is 0 Å². The molecule has 0 aromatic carbocycles. The molecule has 14 heavy (non-hydrogen) atoms. The molecule has 2 N–H and O–H groups in total. The zero-order valence-corrected chi connectivity index (χ0v) is 10.2. The smallest absolute Gasteiger partial charge is 0.0191 e. The lowest BCUT2D eigenvalue weighted by atomic mass is 10.1. The quantitative estimate of drug-likeness (QED) is 0.660. The molecule has 0 radical (unpaired) electrons. The van der Waals surface area contributed by atoms with E-state index in [0.29, 0.717) is 0 Å². The molecule has 1 saturated heterocycles. The second kappa shape index (κ2) is 7.55. The summed E-state index contributed by atoms with van der Waals surface area (Å²) in [5, 5.41) is 0. The van der Waals surface area contributed by atoms with E-state index in [1.54, 1.807) is 0 Å². The second-order valence-corrected chi connectivity index (χ2v) is 5.35. The molecule has 1 fully saturated rings. The van der Waals surface area contributed by atoms with Crippen LogP contribution < -0.4 is 5.73 Å². The summed E-state index contributed by atoms with van der Waals surface area (Å²) in [5.74, 6) is 2.71. The Hall–Kier alpha value is 0.270. The number of hydrogen-bond acceptors (Lipinski definition) is 3. The molecule has 0 bridgehead atoms. The highest BCUT2D eigenvalue weighted by Gasteiger charge is 2.18. The molecule has 0 amide bonds. The van der Waals surface area contributed by atoms with Gasteiger partial charge in [-0.05, 0) is 45.2 Å². The maximum atomic E-state index is 5.46. The Morgan fingerprint density at radius 1 is 1.29 bits per heavy atom. The van der Waals surface area contributed by atoms with Crippen molar-refractivity contribution in [2.45, 2.75) is 38.1 Å². The van der Waals surface area contributed by atoms with E-state index in [-0.39, 0.29) is 0 Å². The highest BCUT2D eigenvalue weighted by molar-refractivity contribution is 7.99. The molecule has 1 rings (SSSR count). The van der Waals surface area contributed by atoms with Crippen LogP contribution in [-0.4, -0.2) is 42.6 Å². The zero-order valence-electron chi connectivity index (χ0n) is 9.37. The number of nitrogens with two attached hydrogens (primary N) is 1. The van der Waals surface area contributed by atoms with E-state index >= 15 is 0 Å². The number of hydrogen-bond donors (Lipinski definition) is 1. The van der Waals surface area contributed by atoms with Crippen LogP contribution in [0.1, 0.15) is 32.1 Å². The van der Waals surface area contributed by atoms with Crippen LogP contribution in [0.3, 0.4) is 0 Å². The minimum absolute atomic E-state index is 0.856. The Labute approximate surface area is 92.6 Å². The Kier molecular flexibility index (Phi) is 6.65. The molecule has 0 saturated carbocycles. The molecule has 0 aromatic heterocycles. The van der Waals surface area contributed by atoms with Crippen LogP contribution in [0.15, 0.2) is 0 Å². The zero-order chi connectivity index (χ0) is 10.2. The van der Waals surface area contributed by atoms with Gasteiger partial charge in [0.2, 0.25) is 0 Å². The van der Waals surface area contributed by atoms with Gasteiger partial charge in [0.25, 0.3) is 0 Å². The van der Waals surface area contributed by atoms with Crippen LogP contribution in [0.5, 0.6) is 0 Å². The molecule has 1 unspecified atom stereocenters. The Morgan fingerprint density at radius 3 is 2.71 bits per heavy atom. The lowest BCUT2D eigenvalue weighted by Crippen LogP contribution is -2.32. The summed E-state index contributed by atoms with van der Waals surface area (Å²) in [7, 11) is 2.28. The van der Waals surface area contributed by atoms with Gasteiger partial charge in [-0.3, -0.25) is 0 Å². The number of nitrogens with zero attached hydrogens (tertiary/aromatic N) is 1. The second-order valence-electron chi connectivity index (χ2n) is 4.20. The average Bonchev–Trinajstić information content (AvgIpc) is 2.70. The fourth-order valence-electron chi connectivity index (χ4n) is 1.91. The third-order valence-corrected chi connectivity index (χ3v) is 4.14. The minimum Gasteiger partial charge on any atom is -0.330 e. The molecule has 1 atom stereocenters. The van der Waals surface area contributed by atoms with Crippen LogP contribution in [0.25, 0.3) is 0 Å². The van der Waals surface area contributed by atoms with Crippen molar-refractivity contribution in [2.24, 2.45) is 5.73 Å².